The highest BCUT2D eigenvalue weighted by Crippen LogP contribution is 2.23. The third-order valence-electron chi connectivity index (χ3n) is 3.38. The number of amides is 2. The summed E-state index contributed by atoms with van der Waals surface area (Å²) in [6.45, 7) is 2.05. The highest BCUT2D eigenvalue weighted by Gasteiger charge is 2.26. The van der Waals surface area contributed by atoms with Crippen LogP contribution in [0.3, 0.4) is 0 Å². The van der Waals surface area contributed by atoms with E-state index >= 15 is 0 Å². The van der Waals surface area contributed by atoms with E-state index in [0.29, 0.717) is 31.3 Å². The number of ether oxygens (including phenoxy) is 2. The van der Waals surface area contributed by atoms with Crippen molar-refractivity contribution in [3.63, 3.8) is 0 Å². The molecule has 110 valence electrons. The molecular formula is C14H19FN2O3. The predicted octanol–water partition coefficient (Wildman–Crippen LogP) is 2.33. The topological polar surface area (TPSA) is 50.8 Å². The van der Waals surface area contributed by atoms with Crippen molar-refractivity contribution in [2.45, 2.75) is 6.42 Å². The van der Waals surface area contributed by atoms with Crippen LogP contribution in [-0.2, 0) is 4.74 Å². The minimum atomic E-state index is -0.452. The molecule has 2 rings (SSSR count). The molecular weight excluding hydrogens is 263 g/mol. The van der Waals surface area contributed by atoms with Crippen molar-refractivity contribution in [1.29, 1.82) is 0 Å². The predicted molar refractivity (Wildman–Crippen MR) is 73.5 cm³/mol. The fraction of sp³-hybridized carbons (Fsp3) is 0.500. The molecule has 1 aliphatic rings. The lowest BCUT2D eigenvalue weighted by atomic mass is 10.1. The Morgan fingerprint density at radius 3 is 3.00 bits per heavy atom. The Labute approximate surface area is 117 Å². The lowest BCUT2D eigenvalue weighted by molar-refractivity contribution is 0.154. The van der Waals surface area contributed by atoms with Crippen LogP contribution in [0.25, 0.3) is 0 Å². The molecule has 1 unspecified atom stereocenters. The summed E-state index contributed by atoms with van der Waals surface area (Å²) in [4.78, 5) is 13.8. The summed E-state index contributed by atoms with van der Waals surface area (Å²) in [5.74, 6) is 0.0433. The number of methoxy groups -OCH3 is 2. The van der Waals surface area contributed by atoms with Crippen molar-refractivity contribution < 1.29 is 18.7 Å². The molecule has 1 N–H and O–H groups in total. The Bertz CT molecular complexity index is 481. The first-order valence-electron chi connectivity index (χ1n) is 6.52. The number of hydrogen-bond acceptors (Lipinski definition) is 3. The molecule has 1 atom stereocenters. The van der Waals surface area contributed by atoms with Gasteiger partial charge < -0.3 is 19.7 Å². The lowest BCUT2D eigenvalue weighted by Gasteiger charge is -2.17. The standard InChI is InChI=1S/C14H19FN2O3/c1-19-9-10-5-6-17(8-10)14(18)16-11-3-4-12(15)13(7-11)20-2/h3-4,7,10H,5-6,8-9H2,1-2H3,(H,16,18). The van der Waals surface area contributed by atoms with E-state index in [1.165, 1.54) is 25.3 Å². The van der Waals surface area contributed by atoms with Gasteiger partial charge in [-0.15, -0.1) is 0 Å². The van der Waals surface area contributed by atoms with Crippen LogP contribution in [0.5, 0.6) is 5.75 Å². The fourth-order valence-electron chi connectivity index (χ4n) is 2.33. The molecule has 20 heavy (non-hydrogen) atoms. The summed E-state index contributed by atoms with van der Waals surface area (Å²) in [6.07, 6.45) is 0.938. The Kier molecular flexibility index (Phi) is 4.79. The third kappa shape index (κ3) is 3.39. The highest BCUT2D eigenvalue weighted by atomic mass is 19.1. The van der Waals surface area contributed by atoms with E-state index in [4.69, 9.17) is 9.47 Å². The average molecular weight is 282 g/mol. The molecule has 1 fully saturated rings. The molecule has 1 saturated heterocycles. The zero-order chi connectivity index (χ0) is 14.5. The molecule has 5 nitrogen and oxygen atoms in total. The van der Waals surface area contributed by atoms with E-state index in [9.17, 15) is 9.18 Å². The van der Waals surface area contributed by atoms with Gasteiger partial charge in [-0.1, -0.05) is 0 Å². The van der Waals surface area contributed by atoms with E-state index < -0.39 is 5.82 Å². The van der Waals surface area contributed by atoms with Gasteiger partial charge >= 0.3 is 6.03 Å². The maximum atomic E-state index is 13.3. The summed E-state index contributed by atoms with van der Waals surface area (Å²) in [5.41, 5.74) is 0.517. The minimum Gasteiger partial charge on any atom is -0.494 e. The summed E-state index contributed by atoms with van der Waals surface area (Å²) in [6, 6.07) is 4.07. The summed E-state index contributed by atoms with van der Waals surface area (Å²) in [5, 5.41) is 2.75. The van der Waals surface area contributed by atoms with Gasteiger partial charge in [-0.25, -0.2) is 9.18 Å². The summed E-state index contributed by atoms with van der Waals surface area (Å²) < 4.78 is 23.3. The van der Waals surface area contributed by atoms with E-state index in [1.807, 2.05) is 0 Å². The molecule has 1 aromatic rings. The molecule has 0 bridgehead atoms. The van der Waals surface area contributed by atoms with Gasteiger partial charge in [-0.2, -0.15) is 0 Å². The number of rotatable bonds is 4. The van der Waals surface area contributed by atoms with Gasteiger partial charge in [0.2, 0.25) is 0 Å². The van der Waals surface area contributed by atoms with Gasteiger partial charge in [-0.3, -0.25) is 0 Å². The largest absolute Gasteiger partial charge is 0.494 e. The Balaban J connectivity index is 1.95. The molecule has 2 amide bonds. The number of halogens is 1. The second-order valence-electron chi connectivity index (χ2n) is 4.84. The molecule has 0 aliphatic carbocycles. The SMILES string of the molecule is COCC1CCN(C(=O)Nc2ccc(F)c(OC)c2)C1. The number of benzene rings is 1. The Morgan fingerprint density at radius 1 is 1.50 bits per heavy atom. The van der Waals surface area contributed by atoms with E-state index in [-0.39, 0.29) is 11.8 Å². The molecule has 1 aromatic carbocycles. The number of carbonyl (C=O) groups is 1. The van der Waals surface area contributed by atoms with Crippen LogP contribution in [0, 0.1) is 11.7 Å². The monoisotopic (exact) mass is 282 g/mol. The summed E-state index contributed by atoms with van der Waals surface area (Å²) >= 11 is 0. The number of anilines is 1. The summed E-state index contributed by atoms with van der Waals surface area (Å²) in [7, 11) is 3.05. The first kappa shape index (κ1) is 14.6. The van der Waals surface area contributed by atoms with Gasteiger partial charge in [0.15, 0.2) is 11.6 Å². The van der Waals surface area contributed by atoms with Gasteiger partial charge in [0, 0.05) is 37.9 Å². The average Bonchev–Trinajstić information content (AvgIpc) is 2.90. The van der Waals surface area contributed by atoms with Gasteiger partial charge in [0.1, 0.15) is 0 Å². The number of nitrogens with zero attached hydrogens (tertiary/aromatic N) is 1. The van der Waals surface area contributed by atoms with Crippen LogP contribution in [0.1, 0.15) is 6.42 Å². The maximum Gasteiger partial charge on any atom is 0.321 e. The van der Waals surface area contributed by atoms with Gasteiger partial charge in [0.05, 0.1) is 13.7 Å². The van der Waals surface area contributed by atoms with Crippen LogP contribution < -0.4 is 10.1 Å². The zero-order valence-corrected chi connectivity index (χ0v) is 11.7. The zero-order valence-electron chi connectivity index (χ0n) is 11.7. The smallest absolute Gasteiger partial charge is 0.321 e. The number of carbonyl (C=O) groups excluding carboxylic acids is 1. The molecule has 0 aromatic heterocycles. The van der Waals surface area contributed by atoms with Crippen molar-refractivity contribution >= 4 is 11.7 Å². The lowest BCUT2D eigenvalue weighted by Crippen LogP contribution is -2.33. The Morgan fingerprint density at radius 2 is 2.30 bits per heavy atom. The molecule has 6 heteroatoms. The van der Waals surface area contributed by atoms with Gasteiger partial charge in [0.25, 0.3) is 0 Å². The number of hydrogen-bond donors (Lipinski definition) is 1. The normalized spacial score (nSPS) is 18.1. The molecule has 0 saturated carbocycles. The maximum absolute atomic E-state index is 13.3. The minimum absolute atomic E-state index is 0.112. The van der Waals surface area contributed by atoms with Crippen LogP contribution in [-0.4, -0.2) is 44.8 Å². The van der Waals surface area contributed by atoms with Crippen LogP contribution in [0.15, 0.2) is 18.2 Å². The van der Waals surface area contributed by atoms with Crippen molar-refractivity contribution in [3.05, 3.63) is 24.0 Å². The van der Waals surface area contributed by atoms with Crippen LogP contribution in [0.2, 0.25) is 0 Å². The van der Waals surface area contributed by atoms with Crippen molar-refractivity contribution in [3.8, 4) is 5.75 Å². The molecule has 1 aliphatic heterocycles. The van der Waals surface area contributed by atoms with E-state index in [0.717, 1.165) is 6.42 Å². The van der Waals surface area contributed by atoms with Crippen molar-refractivity contribution in [2.24, 2.45) is 5.92 Å². The van der Waals surface area contributed by atoms with E-state index in [1.54, 1.807) is 12.0 Å². The fourth-order valence-corrected chi connectivity index (χ4v) is 2.33. The first-order valence-corrected chi connectivity index (χ1v) is 6.52. The van der Waals surface area contributed by atoms with E-state index in [2.05, 4.69) is 5.32 Å². The van der Waals surface area contributed by atoms with Crippen LogP contribution in [0.4, 0.5) is 14.9 Å². The first-order chi connectivity index (χ1) is 9.63. The van der Waals surface area contributed by atoms with Crippen molar-refractivity contribution in [2.75, 3.05) is 39.2 Å². The quantitative estimate of drug-likeness (QED) is 0.922. The van der Waals surface area contributed by atoms with Crippen molar-refractivity contribution in [1.82, 2.24) is 4.90 Å². The second-order valence-corrected chi connectivity index (χ2v) is 4.84. The third-order valence-corrected chi connectivity index (χ3v) is 3.38. The molecule has 1 heterocycles. The number of nitrogens with one attached hydrogen (secondary N) is 1. The number of likely N-dealkylation sites (tertiary alicyclic amines) is 1. The molecule has 0 spiro atoms. The Hall–Kier alpha value is -1.82. The second kappa shape index (κ2) is 6.56. The number of urea groups is 1. The van der Waals surface area contributed by atoms with Crippen LogP contribution >= 0.6 is 0 Å². The molecule has 0 radical (unpaired) electrons. The van der Waals surface area contributed by atoms with Gasteiger partial charge in [-0.05, 0) is 18.6 Å². The highest BCUT2D eigenvalue weighted by molar-refractivity contribution is 5.89.